The first-order valence-electron chi connectivity index (χ1n) is 8.55. The second-order valence-electron chi connectivity index (χ2n) is 7.12. The SMILES string of the molecule is Cc1ccc2c(c1)[C@H]1C[NH+](C)CC[C@@H]1N2C(=O)c1ccc(Cl)cc1. The molecule has 4 rings (SSSR count). The lowest BCUT2D eigenvalue weighted by Gasteiger charge is -2.34. The van der Waals surface area contributed by atoms with Gasteiger partial charge in [0.15, 0.2) is 0 Å². The van der Waals surface area contributed by atoms with Crippen molar-refractivity contribution >= 4 is 23.2 Å². The third-order valence-electron chi connectivity index (χ3n) is 5.38. The summed E-state index contributed by atoms with van der Waals surface area (Å²) >= 11 is 5.97. The van der Waals surface area contributed by atoms with Crippen LogP contribution in [-0.4, -0.2) is 32.1 Å². The van der Waals surface area contributed by atoms with Crippen molar-refractivity contribution in [3.8, 4) is 0 Å². The zero-order valence-corrected chi connectivity index (χ0v) is 14.8. The number of nitrogens with one attached hydrogen (secondary N) is 1. The van der Waals surface area contributed by atoms with Crippen molar-refractivity contribution in [2.75, 3.05) is 25.0 Å². The smallest absolute Gasteiger partial charge is 0.258 e. The molecule has 3 atom stereocenters. The lowest BCUT2D eigenvalue weighted by atomic mass is 9.88. The zero-order chi connectivity index (χ0) is 16.8. The van der Waals surface area contributed by atoms with Crippen LogP contribution < -0.4 is 9.80 Å². The molecule has 0 radical (unpaired) electrons. The fourth-order valence-electron chi connectivity index (χ4n) is 4.20. The second-order valence-corrected chi connectivity index (χ2v) is 7.55. The average molecular weight is 342 g/mol. The summed E-state index contributed by atoms with van der Waals surface area (Å²) in [6, 6.07) is 14.0. The van der Waals surface area contributed by atoms with Gasteiger partial charge in [0, 0.05) is 22.7 Å². The highest BCUT2D eigenvalue weighted by Crippen LogP contribution is 2.43. The van der Waals surface area contributed by atoms with Gasteiger partial charge in [-0.15, -0.1) is 0 Å². The van der Waals surface area contributed by atoms with Crippen molar-refractivity contribution in [1.29, 1.82) is 0 Å². The van der Waals surface area contributed by atoms with Crippen LogP contribution in [0.5, 0.6) is 0 Å². The van der Waals surface area contributed by atoms with Crippen LogP contribution >= 0.6 is 11.6 Å². The Bertz CT molecular complexity index is 787. The number of quaternary nitrogens is 1. The van der Waals surface area contributed by atoms with Gasteiger partial charge in [-0.05, 0) is 42.8 Å². The van der Waals surface area contributed by atoms with Crippen LogP contribution in [0.2, 0.25) is 5.02 Å². The topological polar surface area (TPSA) is 24.8 Å². The summed E-state index contributed by atoms with van der Waals surface area (Å²) in [6.45, 7) is 4.32. The minimum absolute atomic E-state index is 0.0869. The maximum atomic E-state index is 13.2. The Morgan fingerprint density at radius 3 is 2.71 bits per heavy atom. The summed E-state index contributed by atoms with van der Waals surface area (Å²) in [6.07, 6.45) is 1.05. The lowest BCUT2D eigenvalue weighted by molar-refractivity contribution is -0.886. The number of halogens is 1. The molecule has 0 aromatic heterocycles. The van der Waals surface area contributed by atoms with E-state index in [1.54, 1.807) is 17.0 Å². The summed E-state index contributed by atoms with van der Waals surface area (Å²) in [5, 5.41) is 0.657. The molecular formula is C20H22ClN2O+. The number of rotatable bonds is 1. The molecule has 2 aliphatic heterocycles. The number of benzene rings is 2. The molecule has 2 aromatic rings. The van der Waals surface area contributed by atoms with Crippen molar-refractivity contribution in [2.45, 2.75) is 25.3 Å². The number of carbonyl (C=O) groups excluding carboxylic acids is 1. The second kappa shape index (κ2) is 5.91. The summed E-state index contributed by atoms with van der Waals surface area (Å²) in [5.74, 6) is 0.522. The predicted molar refractivity (Wildman–Crippen MR) is 97.2 cm³/mol. The van der Waals surface area contributed by atoms with E-state index in [4.69, 9.17) is 11.6 Å². The number of likely N-dealkylation sites (N-methyl/N-ethyl adjacent to an activating group) is 1. The van der Waals surface area contributed by atoms with Crippen LogP contribution in [0, 0.1) is 6.92 Å². The molecule has 24 heavy (non-hydrogen) atoms. The van der Waals surface area contributed by atoms with Gasteiger partial charge in [-0.25, -0.2) is 0 Å². The van der Waals surface area contributed by atoms with E-state index in [0.29, 0.717) is 16.5 Å². The van der Waals surface area contributed by atoms with Gasteiger partial charge in [-0.2, -0.15) is 0 Å². The highest BCUT2D eigenvalue weighted by Gasteiger charge is 2.45. The first kappa shape index (κ1) is 15.7. The Labute approximate surface area is 147 Å². The lowest BCUT2D eigenvalue weighted by Crippen LogP contribution is -3.11. The van der Waals surface area contributed by atoms with E-state index >= 15 is 0 Å². The van der Waals surface area contributed by atoms with E-state index in [1.165, 1.54) is 11.1 Å². The minimum Gasteiger partial charge on any atom is -0.337 e. The summed E-state index contributed by atoms with van der Waals surface area (Å²) in [5.41, 5.74) is 4.39. The maximum absolute atomic E-state index is 13.2. The highest BCUT2D eigenvalue weighted by molar-refractivity contribution is 6.30. The van der Waals surface area contributed by atoms with Crippen molar-refractivity contribution in [3.63, 3.8) is 0 Å². The van der Waals surface area contributed by atoms with Crippen LogP contribution in [0.4, 0.5) is 5.69 Å². The molecule has 1 amide bonds. The number of anilines is 1. The third-order valence-corrected chi connectivity index (χ3v) is 5.64. The monoisotopic (exact) mass is 341 g/mol. The predicted octanol–water partition coefficient (Wildman–Crippen LogP) is 2.68. The first-order chi connectivity index (χ1) is 11.5. The fourth-order valence-corrected chi connectivity index (χ4v) is 4.32. The average Bonchev–Trinajstić information content (AvgIpc) is 2.88. The normalized spacial score (nSPS) is 25.3. The number of amides is 1. The fraction of sp³-hybridized carbons (Fsp3) is 0.350. The third kappa shape index (κ3) is 2.52. The van der Waals surface area contributed by atoms with Gasteiger partial charge in [0.25, 0.3) is 5.91 Å². The number of fused-ring (bicyclic) bond motifs is 3. The standard InChI is InChI=1S/C20H21ClN2O/c1-13-3-8-18-16(11-13)17-12-22(2)10-9-19(17)23(18)20(24)14-4-6-15(21)7-5-14/h3-8,11,17,19H,9-10,12H2,1-2H3/p+1/t17-,19+/m1/s1. The summed E-state index contributed by atoms with van der Waals surface area (Å²) in [4.78, 5) is 16.8. The number of likely N-dealkylation sites (tertiary alicyclic amines) is 1. The number of carbonyl (C=O) groups is 1. The molecule has 1 fully saturated rings. The Kier molecular flexibility index (Phi) is 3.86. The van der Waals surface area contributed by atoms with Gasteiger partial charge in [0.1, 0.15) is 0 Å². The van der Waals surface area contributed by atoms with E-state index < -0.39 is 0 Å². The number of aryl methyl sites for hydroxylation is 1. The highest BCUT2D eigenvalue weighted by atomic mass is 35.5. The van der Waals surface area contributed by atoms with E-state index in [9.17, 15) is 4.79 Å². The molecule has 0 bridgehead atoms. The molecule has 2 aliphatic rings. The number of hydrogen-bond acceptors (Lipinski definition) is 1. The van der Waals surface area contributed by atoms with Gasteiger partial charge in [0.2, 0.25) is 0 Å². The van der Waals surface area contributed by atoms with E-state index in [-0.39, 0.29) is 11.9 Å². The van der Waals surface area contributed by atoms with E-state index in [0.717, 1.165) is 25.2 Å². The van der Waals surface area contributed by atoms with E-state index in [2.05, 4.69) is 32.2 Å². The molecule has 2 aromatic carbocycles. The molecule has 0 aliphatic carbocycles. The Morgan fingerprint density at radius 2 is 1.96 bits per heavy atom. The quantitative estimate of drug-likeness (QED) is 0.847. The molecule has 0 spiro atoms. The Balaban J connectivity index is 1.77. The molecule has 2 heterocycles. The van der Waals surface area contributed by atoms with Gasteiger partial charge < -0.3 is 9.80 Å². The van der Waals surface area contributed by atoms with Gasteiger partial charge >= 0.3 is 0 Å². The molecule has 4 heteroatoms. The van der Waals surface area contributed by atoms with Gasteiger partial charge in [0.05, 0.1) is 32.1 Å². The summed E-state index contributed by atoms with van der Waals surface area (Å²) in [7, 11) is 2.25. The molecule has 3 nitrogen and oxygen atoms in total. The van der Waals surface area contributed by atoms with Crippen LogP contribution in [0.25, 0.3) is 0 Å². The number of piperidine rings is 1. The van der Waals surface area contributed by atoms with Crippen molar-refractivity contribution in [2.24, 2.45) is 0 Å². The molecule has 0 saturated carbocycles. The first-order valence-corrected chi connectivity index (χ1v) is 8.93. The van der Waals surface area contributed by atoms with Gasteiger partial charge in [-0.1, -0.05) is 29.3 Å². The van der Waals surface area contributed by atoms with Crippen LogP contribution in [0.3, 0.4) is 0 Å². The van der Waals surface area contributed by atoms with E-state index in [1.807, 2.05) is 17.0 Å². The number of nitrogens with zero attached hydrogens (tertiary/aromatic N) is 1. The maximum Gasteiger partial charge on any atom is 0.258 e. The Morgan fingerprint density at radius 1 is 1.21 bits per heavy atom. The summed E-state index contributed by atoms with van der Waals surface area (Å²) < 4.78 is 0. The van der Waals surface area contributed by atoms with Crippen molar-refractivity contribution < 1.29 is 9.69 Å². The van der Waals surface area contributed by atoms with Crippen LogP contribution in [-0.2, 0) is 0 Å². The molecular weight excluding hydrogens is 320 g/mol. The number of hydrogen-bond donors (Lipinski definition) is 1. The van der Waals surface area contributed by atoms with Crippen molar-refractivity contribution in [3.05, 3.63) is 64.2 Å². The zero-order valence-electron chi connectivity index (χ0n) is 14.1. The van der Waals surface area contributed by atoms with Crippen LogP contribution in [0.15, 0.2) is 42.5 Å². The van der Waals surface area contributed by atoms with Crippen LogP contribution in [0.1, 0.15) is 33.8 Å². The Hall–Kier alpha value is -1.84. The molecule has 124 valence electrons. The molecule has 1 N–H and O–H groups in total. The minimum atomic E-state index is 0.0869. The molecule has 1 unspecified atom stereocenters. The largest absolute Gasteiger partial charge is 0.337 e. The van der Waals surface area contributed by atoms with Gasteiger partial charge in [-0.3, -0.25) is 4.79 Å². The van der Waals surface area contributed by atoms with Crippen molar-refractivity contribution in [1.82, 2.24) is 0 Å². The molecule has 1 saturated heterocycles.